The van der Waals surface area contributed by atoms with Gasteiger partial charge in [0, 0.05) is 18.9 Å². The molecule has 2 aromatic rings. The van der Waals surface area contributed by atoms with Crippen molar-refractivity contribution in [2.24, 2.45) is 0 Å². The molecular formula is C18H22N4O3. The van der Waals surface area contributed by atoms with Crippen molar-refractivity contribution in [3.05, 3.63) is 42.7 Å². The molecule has 0 saturated carbocycles. The molecule has 0 spiro atoms. The fourth-order valence-corrected chi connectivity index (χ4v) is 2.20. The lowest BCUT2D eigenvalue weighted by atomic mass is 10.2. The molecule has 0 radical (unpaired) electrons. The number of aromatic nitrogens is 1. The molecule has 2 rings (SSSR count). The van der Waals surface area contributed by atoms with Gasteiger partial charge in [0.25, 0.3) is 0 Å². The van der Waals surface area contributed by atoms with E-state index in [4.69, 9.17) is 4.74 Å². The van der Waals surface area contributed by atoms with Crippen LogP contribution < -0.4 is 15.5 Å². The molecule has 0 aliphatic rings. The van der Waals surface area contributed by atoms with Gasteiger partial charge in [-0.3, -0.25) is 20.0 Å². The lowest BCUT2D eigenvalue weighted by Gasteiger charge is -2.22. The van der Waals surface area contributed by atoms with E-state index in [0.29, 0.717) is 29.2 Å². The average molecular weight is 342 g/mol. The van der Waals surface area contributed by atoms with Crippen molar-refractivity contribution in [1.82, 2.24) is 4.98 Å². The van der Waals surface area contributed by atoms with Crippen molar-refractivity contribution in [3.63, 3.8) is 0 Å². The van der Waals surface area contributed by atoms with Gasteiger partial charge in [-0.2, -0.15) is 0 Å². The molecule has 1 aromatic heterocycles. The van der Waals surface area contributed by atoms with E-state index >= 15 is 0 Å². The number of nitrogens with one attached hydrogen (secondary N) is 2. The second-order valence-electron chi connectivity index (χ2n) is 6.30. The van der Waals surface area contributed by atoms with Crippen molar-refractivity contribution >= 4 is 35.3 Å². The van der Waals surface area contributed by atoms with Crippen LogP contribution in [0.15, 0.2) is 42.7 Å². The average Bonchev–Trinajstić information content (AvgIpc) is 2.54. The summed E-state index contributed by atoms with van der Waals surface area (Å²) in [6.07, 6.45) is 3.40. The molecule has 132 valence electrons. The van der Waals surface area contributed by atoms with Gasteiger partial charge in [-0.1, -0.05) is 6.07 Å². The van der Waals surface area contributed by atoms with Gasteiger partial charge in [0.1, 0.15) is 5.60 Å². The van der Waals surface area contributed by atoms with Crippen LogP contribution in [0.1, 0.15) is 20.8 Å². The third kappa shape index (κ3) is 4.94. The number of hydrogen-bond donors (Lipinski definition) is 2. The number of nitrogens with zero attached hydrogens (tertiary/aromatic N) is 2. The van der Waals surface area contributed by atoms with Gasteiger partial charge >= 0.3 is 6.09 Å². The fraction of sp³-hybridized carbons (Fsp3) is 0.278. The fourth-order valence-electron chi connectivity index (χ4n) is 2.20. The van der Waals surface area contributed by atoms with Crippen LogP contribution in [0.4, 0.5) is 27.5 Å². The van der Waals surface area contributed by atoms with Crippen LogP contribution in [0, 0.1) is 0 Å². The highest BCUT2D eigenvalue weighted by Gasteiger charge is 2.17. The van der Waals surface area contributed by atoms with E-state index in [1.807, 2.05) is 0 Å². The van der Waals surface area contributed by atoms with Gasteiger partial charge in [0.05, 0.1) is 23.3 Å². The number of carbonyl (C=O) groups excluding carboxylic acids is 2. The van der Waals surface area contributed by atoms with Crippen LogP contribution in [0.5, 0.6) is 0 Å². The van der Waals surface area contributed by atoms with E-state index in [0.717, 1.165) is 0 Å². The Labute approximate surface area is 147 Å². The number of amides is 2. The number of pyridine rings is 1. The first-order valence-corrected chi connectivity index (χ1v) is 7.80. The molecule has 0 bridgehead atoms. The summed E-state index contributed by atoms with van der Waals surface area (Å²) in [4.78, 5) is 29.1. The first kappa shape index (κ1) is 18.3. The molecule has 0 fully saturated rings. The topological polar surface area (TPSA) is 83.6 Å². The van der Waals surface area contributed by atoms with Crippen LogP contribution in [0.2, 0.25) is 0 Å². The summed E-state index contributed by atoms with van der Waals surface area (Å²) in [6.45, 7) is 5.37. The highest BCUT2D eigenvalue weighted by Crippen LogP contribution is 2.31. The van der Waals surface area contributed by atoms with Crippen molar-refractivity contribution in [3.8, 4) is 0 Å². The van der Waals surface area contributed by atoms with Gasteiger partial charge in [-0.05, 0) is 45.0 Å². The minimum absolute atomic E-state index is 0.527. The molecular weight excluding hydrogens is 320 g/mol. The van der Waals surface area contributed by atoms with E-state index in [9.17, 15) is 9.59 Å². The lowest BCUT2D eigenvalue weighted by Crippen LogP contribution is -2.27. The Morgan fingerprint density at radius 2 is 2.04 bits per heavy atom. The summed E-state index contributed by atoms with van der Waals surface area (Å²) in [6, 6.07) is 8.67. The van der Waals surface area contributed by atoms with E-state index in [1.165, 1.54) is 4.90 Å². The maximum Gasteiger partial charge on any atom is 0.412 e. The summed E-state index contributed by atoms with van der Waals surface area (Å²) in [7, 11) is 1.75. The predicted octanol–water partition coefficient (Wildman–Crippen LogP) is 3.76. The smallest absolute Gasteiger partial charge is 0.412 e. The molecule has 0 unspecified atom stereocenters. The van der Waals surface area contributed by atoms with Crippen LogP contribution in [0.3, 0.4) is 0 Å². The van der Waals surface area contributed by atoms with Crippen LogP contribution in [-0.4, -0.2) is 30.1 Å². The van der Waals surface area contributed by atoms with E-state index < -0.39 is 11.7 Å². The summed E-state index contributed by atoms with van der Waals surface area (Å²) >= 11 is 0. The lowest BCUT2D eigenvalue weighted by molar-refractivity contribution is -0.106. The zero-order valence-electron chi connectivity index (χ0n) is 14.7. The number of ether oxygens (including phenoxy) is 1. The predicted molar refractivity (Wildman–Crippen MR) is 98.3 cm³/mol. The summed E-state index contributed by atoms with van der Waals surface area (Å²) < 4.78 is 5.24. The standard InChI is InChI=1S/C18H22N4O3/c1-18(2,3)25-17(24)21-13-6-5-7-14(10-13)22(12-23)16-8-9-20-11-15(16)19-4/h5-12,19H,1-4H3,(H,21,24). The van der Waals surface area contributed by atoms with E-state index in [1.54, 1.807) is 70.5 Å². The SMILES string of the molecule is CNc1cnccc1N(C=O)c1cccc(NC(=O)OC(C)(C)C)c1. The van der Waals surface area contributed by atoms with Gasteiger partial charge in [0.2, 0.25) is 6.41 Å². The minimum atomic E-state index is -0.588. The molecule has 25 heavy (non-hydrogen) atoms. The Balaban J connectivity index is 2.27. The highest BCUT2D eigenvalue weighted by atomic mass is 16.6. The molecule has 2 N–H and O–H groups in total. The van der Waals surface area contributed by atoms with Gasteiger partial charge in [0.15, 0.2) is 0 Å². The zero-order chi connectivity index (χ0) is 18.4. The number of anilines is 4. The largest absolute Gasteiger partial charge is 0.444 e. The molecule has 0 saturated heterocycles. The quantitative estimate of drug-likeness (QED) is 0.808. The Morgan fingerprint density at radius 1 is 1.28 bits per heavy atom. The highest BCUT2D eigenvalue weighted by molar-refractivity contribution is 5.93. The maximum absolute atomic E-state index is 11.9. The summed E-state index contributed by atoms with van der Waals surface area (Å²) in [5.41, 5.74) is 1.90. The molecule has 2 amide bonds. The molecule has 0 aliphatic heterocycles. The van der Waals surface area contributed by atoms with Crippen LogP contribution >= 0.6 is 0 Å². The second-order valence-corrected chi connectivity index (χ2v) is 6.30. The third-order valence-electron chi connectivity index (χ3n) is 3.20. The van der Waals surface area contributed by atoms with Crippen molar-refractivity contribution in [1.29, 1.82) is 0 Å². The van der Waals surface area contributed by atoms with Gasteiger partial charge in [-0.25, -0.2) is 4.79 Å². The summed E-state index contributed by atoms with van der Waals surface area (Å²) in [5, 5.41) is 5.67. The molecule has 0 aliphatic carbocycles. The Bertz CT molecular complexity index is 756. The Morgan fingerprint density at radius 3 is 2.68 bits per heavy atom. The Kier molecular flexibility index (Phi) is 5.59. The van der Waals surface area contributed by atoms with Gasteiger partial charge in [-0.15, -0.1) is 0 Å². The first-order valence-electron chi connectivity index (χ1n) is 7.80. The number of rotatable bonds is 5. The van der Waals surface area contributed by atoms with E-state index in [2.05, 4.69) is 15.6 Å². The van der Waals surface area contributed by atoms with Crippen molar-refractivity contribution in [2.75, 3.05) is 22.6 Å². The van der Waals surface area contributed by atoms with Crippen LogP contribution in [-0.2, 0) is 9.53 Å². The monoisotopic (exact) mass is 342 g/mol. The Hall–Kier alpha value is -3.09. The number of carbonyl (C=O) groups is 2. The van der Waals surface area contributed by atoms with Crippen LogP contribution in [0.25, 0.3) is 0 Å². The molecule has 1 aromatic carbocycles. The number of hydrogen-bond acceptors (Lipinski definition) is 5. The van der Waals surface area contributed by atoms with Gasteiger partial charge < -0.3 is 10.1 Å². The third-order valence-corrected chi connectivity index (χ3v) is 3.20. The summed E-state index contributed by atoms with van der Waals surface area (Å²) in [5.74, 6) is 0. The minimum Gasteiger partial charge on any atom is -0.444 e. The molecule has 0 atom stereocenters. The maximum atomic E-state index is 11.9. The second kappa shape index (κ2) is 7.65. The molecule has 7 nitrogen and oxygen atoms in total. The van der Waals surface area contributed by atoms with E-state index in [-0.39, 0.29) is 0 Å². The normalized spacial score (nSPS) is 10.7. The first-order chi connectivity index (χ1) is 11.8. The zero-order valence-corrected chi connectivity index (χ0v) is 14.7. The van der Waals surface area contributed by atoms with Crippen molar-refractivity contribution < 1.29 is 14.3 Å². The number of benzene rings is 1. The molecule has 7 heteroatoms. The molecule has 1 heterocycles. The van der Waals surface area contributed by atoms with Crippen molar-refractivity contribution in [2.45, 2.75) is 26.4 Å².